The second-order valence-corrected chi connectivity index (χ2v) is 4.59. The van der Waals surface area contributed by atoms with Gasteiger partial charge in [0, 0.05) is 18.6 Å². The van der Waals surface area contributed by atoms with Crippen LogP contribution < -0.4 is 15.4 Å². The number of rotatable bonds is 5. The normalized spacial score (nSPS) is 21.4. The zero-order valence-corrected chi connectivity index (χ0v) is 10.7. The predicted octanol–water partition coefficient (Wildman–Crippen LogP) is 2.10. The van der Waals surface area contributed by atoms with Gasteiger partial charge in [0.1, 0.15) is 5.75 Å². The van der Waals surface area contributed by atoms with E-state index < -0.39 is 0 Å². The molecule has 0 aromatic heterocycles. The molecule has 2 atom stereocenters. The number of nitrogens with one attached hydrogen (secondary N) is 2. The summed E-state index contributed by atoms with van der Waals surface area (Å²) in [5, 5.41) is 7.11. The molecule has 1 aliphatic rings. The quantitative estimate of drug-likeness (QED) is 0.818. The average molecular weight is 234 g/mol. The van der Waals surface area contributed by atoms with Crippen molar-refractivity contribution in [3.05, 3.63) is 29.8 Å². The molecule has 1 saturated heterocycles. The molecule has 0 saturated carbocycles. The lowest BCUT2D eigenvalue weighted by Gasteiger charge is -2.22. The van der Waals surface area contributed by atoms with Crippen molar-refractivity contribution in [1.29, 1.82) is 0 Å². The second kappa shape index (κ2) is 6.03. The van der Waals surface area contributed by atoms with E-state index in [4.69, 9.17) is 4.74 Å². The van der Waals surface area contributed by atoms with E-state index in [9.17, 15) is 0 Å². The maximum Gasteiger partial charge on any atom is 0.118 e. The van der Waals surface area contributed by atoms with Gasteiger partial charge in [-0.15, -0.1) is 0 Å². The smallest absolute Gasteiger partial charge is 0.118 e. The van der Waals surface area contributed by atoms with Gasteiger partial charge in [-0.2, -0.15) is 0 Å². The number of ether oxygens (including phenoxy) is 1. The molecule has 2 unspecified atom stereocenters. The third kappa shape index (κ3) is 3.20. The van der Waals surface area contributed by atoms with Crippen molar-refractivity contribution in [1.82, 2.24) is 10.6 Å². The first-order valence-electron chi connectivity index (χ1n) is 6.44. The lowest BCUT2D eigenvalue weighted by atomic mass is 10.0. The van der Waals surface area contributed by atoms with Crippen molar-refractivity contribution in [3.8, 4) is 5.75 Å². The molecular formula is C14H22N2O. The van der Waals surface area contributed by atoms with Crippen LogP contribution in [0.4, 0.5) is 0 Å². The van der Waals surface area contributed by atoms with Crippen LogP contribution in [0, 0.1) is 0 Å². The van der Waals surface area contributed by atoms with E-state index in [2.05, 4.69) is 29.7 Å². The first-order valence-corrected chi connectivity index (χ1v) is 6.44. The van der Waals surface area contributed by atoms with Crippen LogP contribution in [0.25, 0.3) is 0 Å². The first-order chi connectivity index (χ1) is 8.33. The van der Waals surface area contributed by atoms with Crippen LogP contribution in [0.3, 0.4) is 0 Å². The summed E-state index contributed by atoms with van der Waals surface area (Å²) in [5.74, 6) is 0.922. The van der Waals surface area contributed by atoms with E-state index in [1.165, 1.54) is 12.0 Å². The lowest BCUT2D eigenvalue weighted by Crippen LogP contribution is -2.34. The summed E-state index contributed by atoms with van der Waals surface area (Å²) < 4.78 is 5.19. The summed E-state index contributed by atoms with van der Waals surface area (Å²) in [5.41, 5.74) is 1.35. The zero-order valence-electron chi connectivity index (χ0n) is 10.7. The Morgan fingerprint density at radius 2 is 2.18 bits per heavy atom. The fourth-order valence-corrected chi connectivity index (χ4v) is 2.37. The van der Waals surface area contributed by atoms with Gasteiger partial charge < -0.3 is 15.4 Å². The summed E-state index contributed by atoms with van der Waals surface area (Å²) >= 11 is 0. The van der Waals surface area contributed by atoms with Gasteiger partial charge in [0.2, 0.25) is 0 Å². The minimum Gasteiger partial charge on any atom is -0.497 e. The van der Waals surface area contributed by atoms with Crippen molar-refractivity contribution in [2.24, 2.45) is 0 Å². The van der Waals surface area contributed by atoms with Crippen molar-refractivity contribution >= 4 is 0 Å². The fourth-order valence-electron chi connectivity index (χ4n) is 2.37. The van der Waals surface area contributed by atoms with Crippen LogP contribution in [0.15, 0.2) is 24.3 Å². The highest BCUT2D eigenvalue weighted by molar-refractivity contribution is 5.29. The van der Waals surface area contributed by atoms with Gasteiger partial charge in [-0.1, -0.05) is 19.1 Å². The molecule has 2 N–H and O–H groups in total. The molecule has 2 rings (SSSR count). The van der Waals surface area contributed by atoms with Crippen LogP contribution in [0.2, 0.25) is 0 Å². The minimum absolute atomic E-state index is 0.450. The highest BCUT2D eigenvalue weighted by Gasteiger charge is 2.18. The zero-order chi connectivity index (χ0) is 12.1. The van der Waals surface area contributed by atoms with E-state index in [1.807, 2.05) is 12.1 Å². The number of benzene rings is 1. The Kier molecular flexibility index (Phi) is 4.40. The molecule has 94 valence electrons. The molecule has 0 amide bonds. The van der Waals surface area contributed by atoms with E-state index in [0.717, 1.165) is 25.3 Å². The van der Waals surface area contributed by atoms with Gasteiger partial charge in [0.25, 0.3) is 0 Å². The molecule has 0 radical (unpaired) electrons. The standard InChI is InChI=1S/C14H22N2O/c1-3-14(16-12-8-9-15-10-12)11-4-6-13(17-2)7-5-11/h4-7,12,14-16H,3,8-10H2,1-2H3. The number of hydrogen-bond acceptors (Lipinski definition) is 3. The molecule has 3 nitrogen and oxygen atoms in total. The van der Waals surface area contributed by atoms with Gasteiger partial charge in [0.15, 0.2) is 0 Å². The third-order valence-electron chi connectivity index (χ3n) is 3.42. The summed E-state index contributed by atoms with van der Waals surface area (Å²) in [6, 6.07) is 9.44. The van der Waals surface area contributed by atoms with Crippen molar-refractivity contribution in [3.63, 3.8) is 0 Å². The Hall–Kier alpha value is -1.06. The van der Waals surface area contributed by atoms with Crippen molar-refractivity contribution in [2.75, 3.05) is 20.2 Å². The monoisotopic (exact) mass is 234 g/mol. The Morgan fingerprint density at radius 3 is 2.71 bits per heavy atom. The summed E-state index contributed by atoms with van der Waals surface area (Å²) in [7, 11) is 1.70. The molecule has 1 aliphatic heterocycles. The van der Waals surface area contributed by atoms with Crippen LogP contribution >= 0.6 is 0 Å². The molecular weight excluding hydrogens is 212 g/mol. The van der Waals surface area contributed by atoms with Crippen LogP contribution in [-0.2, 0) is 0 Å². The van der Waals surface area contributed by atoms with Gasteiger partial charge in [-0.3, -0.25) is 0 Å². The van der Waals surface area contributed by atoms with Crippen LogP contribution in [-0.4, -0.2) is 26.2 Å². The molecule has 1 aromatic rings. The minimum atomic E-state index is 0.450. The Balaban J connectivity index is 2.00. The summed E-state index contributed by atoms with van der Waals surface area (Å²) in [6.45, 7) is 4.45. The predicted molar refractivity (Wildman–Crippen MR) is 70.4 cm³/mol. The molecule has 17 heavy (non-hydrogen) atoms. The maximum absolute atomic E-state index is 5.19. The van der Waals surface area contributed by atoms with Gasteiger partial charge >= 0.3 is 0 Å². The van der Waals surface area contributed by atoms with E-state index in [0.29, 0.717) is 12.1 Å². The molecule has 1 aromatic carbocycles. The molecule has 0 bridgehead atoms. The third-order valence-corrected chi connectivity index (χ3v) is 3.42. The van der Waals surface area contributed by atoms with Gasteiger partial charge in [0.05, 0.1) is 7.11 Å². The highest BCUT2D eigenvalue weighted by atomic mass is 16.5. The average Bonchev–Trinajstić information content (AvgIpc) is 2.89. The molecule has 3 heteroatoms. The van der Waals surface area contributed by atoms with Crippen LogP contribution in [0.5, 0.6) is 5.75 Å². The second-order valence-electron chi connectivity index (χ2n) is 4.59. The topological polar surface area (TPSA) is 33.3 Å². The van der Waals surface area contributed by atoms with E-state index in [-0.39, 0.29) is 0 Å². The van der Waals surface area contributed by atoms with Gasteiger partial charge in [-0.25, -0.2) is 0 Å². The SMILES string of the molecule is CCC(NC1CCNC1)c1ccc(OC)cc1. The molecule has 1 heterocycles. The fraction of sp³-hybridized carbons (Fsp3) is 0.571. The molecule has 1 fully saturated rings. The lowest BCUT2D eigenvalue weighted by molar-refractivity contribution is 0.413. The summed E-state index contributed by atoms with van der Waals surface area (Å²) in [4.78, 5) is 0. The van der Waals surface area contributed by atoms with Crippen molar-refractivity contribution in [2.45, 2.75) is 31.8 Å². The van der Waals surface area contributed by atoms with Crippen LogP contribution in [0.1, 0.15) is 31.4 Å². The van der Waals surface area contributed by atoms with Crippen molar-refractivity contribution < 1.29 is 4.74 Å². The molecule has 0 spiro atoms. The molecule has 0 aliphatic carbocycles. The summed E-state index contributed by atoms with van der Waals surface area (Å²) in [6.07, 6.45) is 2.34. The Bertz CT molecular complexity index is 331. The van der Waals surface area contributed by atoms with Gasteiger partial charge in [-0.05, 0) is 37.1 Å². The first kappa shape index (κ1) is 12.4. The number of methoxy groups -OCH3 is 1. The number of hydrogen-bond donors (Lipinski definition) is 2. The Morgan fingerprint density at radius 1 is 1.41 bits per heavy atom. The highest BCUT2D eigenvalue weighted by Crippen LogP contribution is 2.21. The van der Waals surface area contributed by atoms with E-state index >= 15 is 0 Å². The maximum atomic E-state index is 5.19. The van der Waals surface area contributed by atoms with E-state index in [1.54, 1.807) is 7.11 Å². The Labute approximate surface area is 104 Å². The largest absolute Gasteiger partial charge is 0.497 e.